The summed E-state index contributed by atoms with van der Waals surface area (Å²) in [6.07, 6.45) is -3.33. The average molecular weight is 908 g/mol. The van der Waals surface area contributed by atoms with Gasteiger partial charge in [0.1, 0.15) is 42.7 Å². The van der Waals surface area contributed by atoms with Gasteiger partial charge in [0, 0.05) is 25.7 Å². The van der Waals surface area contributed by atoms with Crippen molar-refractivity contribution in [3.63, 3.8) is 0 Å². The van der Waals surface area contributed by atoms with E-state index >= 15 is 0 Å². The molecule has 1 N–H and O–H groups in total. The number of aliphatic hydroxyl groups is 1. The number of ether oxygens (including phenoxy) is 6. The van der Waals surface area contributed by atoms with E-state index in [9.17, 15) is 19.5 Å². The smallest absolute Gasteiger partial charge is 0.417 e. The molecule has 0 spiro atoms. The zero-order valence-electron chi connectivity index (χ0n) is 37.8. The Morgan fingerprint density at radius 3 is 1.96 bits per heavy atom. The number of Topliss-reactive ketones (excluding diaryl/α,β-unsaturated/α-hetero) is 1. The maximum Gasteiger partial charge on any atom is 0.417 e. The maximum atomic E-state index is 14.8. The number of amides is 2. The topological polar surface area (TPSA) is 143 Å². The molecule has 12 heteroatoms. The van der Waals surface area contributed by atoms with Crippen LogP contribution in [0.15, 0.2) is 156 Å². The van der Waals surface area contributed by atoms with Crippen LogP contribution in [0.1, 0.15) is 50.6 Å². The van der Waals surface area contributed by atoms with E-state index in [1.54, 1.807) is 6.07 Å². The van der Waals surface area contributed by atoms with E-state index in [2.05, 4.69) is 0 Å². The van der Waals surface area contributed by atoms with Crippen molar-refractivity contribution in [1.29, 1.82) is 0 Å². The molecule has 3 heterocycles. The lowest BCUT2D eigenvalue weighted by atomic mass is 9.91. The summed E-state index contributed by atoms with van der Waals surface area (Å²) in [7, 11) is 1.52. The first kappa shape index (κ1) is 47.3. The first-order chi connectivity index (χ1) is 32.8. The molecule has 0 saturated carbocycles. The number of carbonyl (C=O) groups is 3. The minimum absolute atomic E-state index is 0.0110. The molecule has 2 aliphatic heterocycles. The van der Waals surface area contributed by atoms with Crippen molar-refractivity contribution in [1.82, 2.24) is 4.90 Å². The summed E-state index contributed by atoms with van der Waals surface area (Å²) < 4.78 is 43.7. The van der Waals surface area contributed by atoms with Gasteiger partial charge < -0.3 is 37.9 Å². The molecule has 2 fully saturated rings. The Hall–Kier alpha value is -6.25. The molecule has 0 bridgehead atoms. The molecule has 2 amide bonds. The van der Waals surface area contributed by atoms with Crippen LogP contribution in [0.4, 0.5) is 4.79 Å². The highest BCUT2D eigenvalue weighted by Gasteiger charge is 2.49. The number of nitrogens with zero attached hydrogens (tertiary/aromatic N) is 1. The zero-order valence-corrected chi connectivity index (χ0v) is 37.8. The lowest BCUT2D eigenvalue weighted by Gasteiger charge is -2.45. The summed E-state index contributed by atoms with van der Waals surface area (Å²) in [4.78, 5) is 43.8. The minimum atomic E-state index is -1.27. The van der Waals surface area contributed by atoms with E-state index in [-0.39, 0.29) is 45.2 Å². The summed E-state index contributed by atoms with van der Waals surface area (Å²) in [6, 6.07) is 47.4. The quantitative estimate of drug-likeness (QED) is 0.0421. The van der Waals surface area contributed by atoms with Gasteiger partial charge in [-0.3, -0.25) is 9.59 Å². The second-order valence-corrected chi connectivity index (χ2v) is 17.0. The van der Waals surface area contributed by atoms with E-state index < -0.39 is 60.4 Å². The van der Waals surface area contributed by atoms with Crippen LogP contribution in [0.3, 0.4) is 0 Å². The Morgan fingerprint density at radius 1 is 0.731 bits per heavy atom. The minimum Gasteiger partial charge on any atom is -0.457 e. The van der Waals surface area contributed by atoms with Gasteiger partial charge in [-0.05, 0) is 60.1 Å². The van der Waals surface area contributed by atoms with Crippen LogP contribution >= 0.6 is 0 Å². The fourth-order valence-electron chi connectivity index (χ4n) is 8.81. The van der Waals surface area contributed by atoms with Crippen molar-refractivity contribution >= 4 is 17.8 Å². The molecule has 12 nitrogen and oxygen atoms in total. The van der Waals surface area contributed by atoms with Crippen LogP contribution in [-0.2, 0) is 65.7 Å². The SMILES string of the molecule is CO[C@H]1O[C@H](CO)[C@@H](OCc2ccccc2)[C@H](OCc2ccccc2)[C@@H]1OCCCc1oc(C(=O)[C@@H](Cc2ccccc2)C(=O)N2C(=O)OC[C@@H]2Cc2ccccc2)cc1-c1cccc(C)c1. The number of cyclic esters (lactones) is 1. The number of methoxy groups -OCH3 is 1. The van der Waals surface area contributed by atoms with E-state index in [0.29, 0.717) is 30.6 Å². The van der Waals surface area contributed by atoms with Gasteiger partial charge in [0.05, 0.1) is 25.9 Å². The molecule has 8 rings (SSSR count). The maximum absolute atomic E-state index is 14.8. The Balaban J connectivity index is 1.04. The number of hydrogen-bond donors (Lipinski definition) is 1. The molecule has 2 aliphatic rings. The molecule has 0 radical (unpaired) electrons. The van der Waals surface area contributed by atoms with Crippen LogP contribution in [0.5, 0.6) is 0 Å². The summed E-state index contributed by atoms with van der Waals surface area (Å²) in [5, 5.41) is 10.5. The number of benzene rings is 5. The molecule has 6 aromatic rings. The molecule has 7 atom stereocenters. The molecule has 1 aromatic heterocycles. The fourth-order valence-corrected chi connectivity index (χ4v) is 8.81. The van der Waals surface area contributed by atoms with E-state index in [1.165, 1.54) is 7.11 Å². The van der Waals surface area contributed by atoms with Crippen molar-refractivity contribution < 1.29 is 52.3 Å². The number of aliphatic hydroxyl groups excluding tert-OH is 1. The number of rotatable bonds is 21. The Morgan fingerprint density at radius 2 is 1.34 bits per heavy atom. The van der Waals surface area contributed by atoms with Crippen LogP contribution in [0, 0.1) is 12.8 Å². The van der Waals surface area contributed by atoms with Crippen LogP contribution in [0.25, 0.3) is 11.1 Å². The van der Waals surface area contributed by atoms with Crippen LogP contribution in [-0.4, -0.2) is 91.5 Å². The third-order valence-electron chi connectivity index (χ3n) is 12.2. The normalized spacial score (nSPS) is 20.9. The number of hydrogen-bond acceptors (Lipinski definition) is 11. The highest BCUT2D eigenvalue weighted by atomic mass is 16.7. The van der Waals surface area contributed by atoms with Crippen molar-refractivity contribution in [3.05, 3.63) is 191 Å². The standard InChI is InChI=1S/C55H57NO11/c1-37-17-15-26-42(29-37)44-32-47(49(58)45(31-39-20-9-4-10-21-39)53(59)56-43(36-65-55(56)60)30-38-18-7-3-8-19-38)66-46(44)27-16-28-62-52-51(64-35-41-24-13-6-14-25-41)50(48(33-57)67-54(52)61-2)63-34-40-22-11-5-12-23-40/h3-15,17-26,29,32,43,45,48,50-52,54,57H,16,27-28,30-31,33-36H2,1-2H3/t43-,45+,48+,50+,51-,52-,54-/m0/s1. The van der Waals surface area contributed by atoms with Crippen molar-refractivity contribution in [2.45, 2.75) is 82.6 Å². The summed E-state index contributed by atoms with van der Waals surface area (Å²) >= 11 is 0. The Kier molecular flexibility index (Phi) is 16.2. The zero-order chi connectivity index (χ0) is 46.5. The summed E-state index contributed by atoms with van der Waals surface area (Å²) in [5.74, 6) is -1.90. The summed E-state index contributed by atoms with van der Waals surface area (Å²) in [5.41, 5.74) is 6.18. The van der Waals surface area contributed by atoms with Gasteiger partial charge in [0.2, 0.25) is 11.7 Å². The number of furan rings is 1. The third kappa shape index (κ3) is 11.8. The second kappa shape index (κ2) is 23.0. The molecule has 348 valence electrons. The van der Waals surface area contributed by atoms with Gasteiger partial charge in [-0.25, -0.2) is 9.69 Å². The Labute approximate surface area is 391 Å². The number of aryl methyl sites for hydroxylation is 2. The van der Waals surface area contributed by atoms with Gasteiger partial charge in [-0.15, -0.1) is 0 Å². The predicted molar refractivity (Wildman–Crippen MR) is 250 cm³/mol. The first-order valence-electron chi connectivity index (χ1n) is 22.8. The number of carbonyl (C=O) groups excluding carboxylic acids is 3. The first-order valence-corrected chi connectivity index (χ1v) is 22.8. The molecule has 0 unspecified atom stereocenters. The van der Waals surface area contributed by atoms with E-state index in [0.717, 1.165) is 38.3 Å². The van der Waals surface area contributed by atoms with E-state index in [4.69, 9.17) is 32.8 Å². The highest BCUT2D eigenvalue weighted by molar-refractivity contribution is 6.12. The number of imide groups is 1. The molecular formula is C55H57NO11. The van der Waals surface area contributed by atoms with Gasteiger partial charge >= 0.3 is 6.09 Å². The van der Waals surface area contributed by atoms with Gasteiger partial charge in [0.15, 0.2) is 12.1 Å². The lowest BCUT2D eigenvalue weighted by molar-refractivity contribution is -0.319. The van der Waals surface area contributed by atoms with Gasteiger partial charge in [-0.2, -0.15) is 0 Å². The molecule has 2 saturated heterocycles. The van der Waals surface area contributed by atoms with Gasteiger partial charge in [-0.1, -0.05) is 151 Å². The largest absolute Gasteiger partial charge is 0.457 e. The molecular weight excluding hydrogens is 851 g/mol. The molecule has 0 aliphatic carbocycles. The van der Waals surface area contributed by atoms with Gasteiger partial charge in [0.25, 0.3) is 0 Å². The predicted octanol–water partition coefficient (Wildman–Crippen LogP) is 8.74. The lowest BCUT2D eigenvalue weighted by Crippen LogP contribution is -2.61. The van der Waals surface area contributed by atoms with Crippen molar-refractivity contribution in [2.75, 3.05) is 26.9 Å². The molecule has 67 heavy (non-hydrogen) atoms. The second-order valence-electron chi connectivity index (χ2n) is 17.0. The Bertz CT molecular complexity index is 2520. The van der Waals surface area contributed by atoms with Crippen LogP contribution < -0.4 is 0 Å². The van der Waals surface area contributed by atoms with E-state index in [1.807, 2.05) is 153 Å². The fraction of sp³-hybridized carbons (Fsp3) is 0.327. The van der Waals surface area contributed by atoms with Crippen molar-refractivity contribution in [2.24, 2.45) is 5.92 Å². The number of ketones is 1. The molecule has 5 aromatic carbocycles. The summed E-state index contributed by atoms with van der Waals surface area (Å²) in [6.45, 7) is 2.42. The average Bonchev–Trinajstić information content (AvgIpc) is 3.96. The highest BCUT2D eigenvalue weighted by Crippen LogP contribution is 2.34. The third-order valence-corrected chi connectivity index (χ3v) is 12.2. The van der Waals surface area contributed by atoms with Crippen LogP contribution in [0.2, 0.25) is 0 Å². The monoisotopic (exact) mass is 907 g/mol. The van der Waals surface area contributed by atoms with Crippen molar-refractivity contribution in [3.8, 4) is 11.1 Å².